The second kappa shape index (κ2) is 9.18. The quantitative estimate of drug-likeness (QED) is 0.269. The summed E-state index contributed by atoms with van der Waals surface area (Å²) < 4.78 is 94.4. The molecule has 12 heteroatoms. The number of halogens is 6. The van der Waals surface area contributed by atoms with Gasteiger partial charge in [0.15, 0.2) is 0 Å². The van der Waals surface area contributed by atoms with Gasteiger partial charge in [0.25, 0.3) is 0 Å². The molecule has 172 valence electrons. The van der Waals surface area contributed by atoms with Gasteiger partial charge in [0.05, 0.1) is 7.11 Å². The van der Waals surface area contributed by atoms with Crippen molar-refractivity contribution in [2.75, 3.05) is 25.6 Å². The van der Waals surface area contributed by atoms with Crippen LogP contribution in [0.15, 0.2) is 35.2 Å². The molecule has 3 rings (SSSR count). The van der Waals surface area contributed by atoms with Crippen molar-refractivity contribution in [3.63, 3.8) is 0 Å². The number of hydrogen-bond donors (Lipinski definition) is 1. The summed E-state index contributed by atoms with van der Waals surface area (Å²) in [5, 5.41) is 0.248. The van der Waals surface area contributed by atoms with Crippen LogP contribution < -0.4 is 14.2 Å². The van der Waals surface area contributed by atoms with E-state index in [1.54, 1.807) is 0 Å². The van der Waals surface area contributed by atoms with E-state index >= 15 is 0 Å². The molecule has 0 bridgehead atoms. The Morgan fingerprint density at radius 2 is 1.90 bits per heavy atom. The van der Waals surface area contributed by atoms with Crippen LogP contribution >= 0.6 is 31.4 Å². The van der Waals surface area contributed by atoms with Gasteiger partial charge in [-0.15, -0.1) is 0 Å². The first-order valence-electron chi connectivity index (χ1n) is 8.86. The molecule has 0 amide bonds. The third-order valence-corrected chi connectivity index (χ3v) is 11.2. The van der Waals surface area contributed by atoms with Crippen LogP contribution in [0.4, 0.5) is 23.2 Å². The summed E-state index contributed by atoms with van der Waals surface area (Å²) >= 11 is 5.15. The monoisotopic (exact) mass is 595 g/mol. The molecule has 31 heavy (non-hydrogen) atoms. The first kappa shape index (κ1) is 24.2. The Balaban J connectivity index is 1.94. The van der Waals surface area contributed by atoms with Crippen molar-refractivity contribution in [2.24, 2.45) is 0 Å². The number of ether oxygens (including phenoxy) is 2. The minimum absolute atomic E-state index is 0.0212. The van der Waals surface area contributed by atoms with Crippen LogP contribution in [-0.4, -0.2) is 35.4 Å². The maximum atomic E-state index is 14.0. The normalized spacial score (nSPS) is 18.2. The van der Waals surface area contributed by atoms with E-state index in [0.29, 0.717) is 6.07 Å². The Kier molecular flexibility index (Phi) is 7.16. The Bertz CT molecular complexity index is 1080. The van der Waals surface area contributed by atoms with Crippen LogP contribution in [-0.2, 0) is 16.2 Å². The fraction of sp³-hybridized carbons (Fsp3) is 0.368. The molecule has 0 unspecified atom stereocenters. The Hall–Kier alpha value is -1.47. The molecule has 1 saturated heterocycles. The van der Waals surface area contributed by atoms with Crippen LogP contribution in [0.25, 0.3) is 0 Å². The summed E-state index contributed by atoms with van der Waals surface area (Å²) in [6.45, 7) is 0. The zero-order valence-corrected chi connectivity index (χ0v) is 20.1. The summed E-state index contributed by atoms with van der Waals surface area (Å²) in [6, 6.07) is 4.56. The van der Waals surface area contributed by atoms with Crippen LogP contribution in [0.3, 0.4) is 0 Å². The Morgan fingerprint density at radius 3 is 2.48 bits per heavy atom. The summed E-state index contributed by atoms with van der Waals surface area (Å²) in [7, 11) is -3.82. The van der Waals surface area contributed by atoms with E-state index in [1.165, 1.54) is 18.2 Å². The van der Waals surface area contributed by atoms with Crippen LogP contribution in [0.1, 0.15) is 12.0 Å². The van der Waals surface area contributed by atoms with E-state index in [9.17, 15) is 26.0 Å². The predicted molar refractivity (Wildman–Crippen MR) is 119 cm³/mol. The second-order valence-electron chi connectivity index (χ2n) is 6.83. The number of sulfonamides is 1. The van der Waals surface area contributed by atoms with Gasteiger partial charge in [0, 0.05) is 0 Å². The van der Waals surface area contributed by atoms with Crippen molar-refractivity contribution in [2.45, 2.75) is 23.6 Å². The fourth-order valence-electron chi connectivity index (χ4n) is 3.03. The second-order valence-corrected chi connectivity index (χ2v) is 15.0. The zero-order chi connectivity index (χ0) is 23.0. The molecular formula is C19H19ClF4INO4S. The van der Waals surface area contributed by atoms with E-state index in [0.717, 1.165) is 22.4 Å². The van der Waals surface area contributed by atoms with Gasteiger partial charge >= 0.3 is 178 Å². The van der Waals surface area contributed by atoms with Gasteiger partial charge in [-0.3, -0.25) is 0 Å². The molecule has 5 nitrogen and oxygen atoms in total. The van der Waals surface area contributed by atoms with Crippen molar-refractivity contribution in [1.29, 1.82) is 0 Å². The summed E-state index contributed by atoms with van der Waals surface area (Å²) in [5.74, 6) is -1.73. The van der Waals surface area contributed by atoms with Gasteiger partial charge in [0.1, 0.15) is 0 Å². The predicted octanol–water partition coefficient (Wildman–Crippen LogP) is 5.59. The molecule has 1 aliphatic heterocycles. The number of benzene rings is 2. The van der Waals surface area contributed by atoms with Crippen LogP contribution in [0, 0.1) is 5.82 Å². The number of nitrogens with one attached hydrogen (secondary N) is 1. The Morgan fingerprint density at radius 1 is 1.19 bits per heavy atom. The average molecular weight is 596 g/mol. The van der Waals surface area contributed by atoms with E-state index in [1.807, 2.05) is 4.72 Å². The Labute approximate surface area is 189 Å². The molecule has 2 aromatic rings. The summed E-state index contributed by atoms with van der Waals surface area (Å²) in [6.07, 6.45) is -4.19. The minimum atomic E-state index is -5.05. The molecule has 0 radical (unpaired) electrons. The van der Waals surface area contributed by atoms with Gasteiger partial charge in [-0.1, -0.05) is 0 Å². The van der Waals surface area contributed by atoms with Crippen molar-refractivity contribution < 1.29 is 35.5 Å². The third-order valence-electron chi connectivity index (χ3n) is 4.52. The van der Waals surface area contributed by atoms with Crippen LogP contribution in [0.2, 0.25) is 5.02 Å². The molecule has 1 N–H and O–H groups in total. The van der Waals surface area contributed by atoms with Gasteiger partial charge in [-0.25, -0.2) is 0 Å². The first-order valence-corrected chi connectivity index (χ1v) is 15.9. The number of methoxy groups -OCH3 is 1. The van der Waals surface area contributed by atoms with Crippen LogP contribution in [0.5, 0.6) is 11.5 Å². The molecule has 1 atom stereocenters. The number of alkyl halides is 6. The topological polar surface area (TPSA) is 64.6 Å². The van der Waals surface area contributed by atoms with Gasteiger partial charge in [0.2, 0.25) is 0 Å². The summed E-state index contributed by atoms with van der Waals surface area (Å²) in [4.78, 5) is 0.984. The number of anilines is 1. The molecule has 0 saturated carbocycles. The molecule has 0 aliphatic carbocycles. The van der Waals surface area contributed by atoms with Gasteiger partial charge < -0.3 is 4.74 Å². The summed E-state index contributed by atoms with van der Waals surface area (Å²) in [5.41, 5.74) is -1.61. The third kappa shape index (κ3) is 5.67. The standard InChI is InChI=1S/C19H19ClF4INO4S/c1-25-6-5-12(10-25)30-16-7-11(3-4-14(16)20)26-31(27,28)18-9-15(21)17(29-2)8-13(18)19(22,23)24/h3-4,7-9,12,26H,5-6,10H2,1-2H3/t12-/m1/s1. The SMILES string of the molecule is COc1cc(C(F)(F)F)c(S(=O)(=O)Nc2ccc(Cl)c(O[C@@H]3CCI(C)C3)c2)cc1F. The zero-order valence-electron chi connectivity index (χ0n) is 16.4. The molecule has 0 spiro atoms. The molecule has 1 fully saturated rings. The van der Waals surface area contributed by atoms with Crippen molar-refractivity contribution >= 4 is 47.1 Å². The fourth-order valence-corrected chi connectivity index (χ4v) is 8.96. The number of hydrogen-bond acceptors (Lipinski definition) is 4. The maximum absolute atomic E-state index is 14.0. The van der Waals surface area contributed by atoms with Gasteiger partial charge in [-0.05, 0) is 0 Å². The molecule has 2 aromatic carbocycles. The van der Waals surface area contributed by atoms with E-state index < -0.39 is 58.0 Å². The van der Waals surface area contributed by atoms with E-state index in [4.69, 9.17) is 16.3 Å². The average Bonchev–Trinajstić information content (AvgIpc) is 3.08. The van der Waals surface area contributed by atoms with E-state index in [-0.39, 0.29) is 28.6 Å². The van der Waals surface area contributed by atoms with Crippen molar-refractivity contribution in [3.05, 3.63) is 46.7 Å². The van der Waals surface area contributed by atoms with E-state index in [2.05, 4.69) is 9.67 Å². The molecule has 1 heterocycles. The molecule has 1 aliphatic rings. The van der Waals surface area contributed by atoms with Crippen molar-refractivity contribution in [1.82, 2.24) is 0 Å². The number of rotatable bonds is 6. The van der Waals surface area contributed by atoms with Gasteiger partial charge in [-0.2, -0.15) is 0 Å². The molecular weight excluding hydrogens is 577 g/mol. The first-order chi connectivity index (χ1) is 14.4. The van der Waals surface area contributed by atoms with Crippen molar-refractivity contribution in [3.8, 4) is 11.5 Å². The molecule has 0 aromatic heterocycles.